The normalized spacial score (nSPS) is 11.4. The van der Waals surface area contributed by atoms with Crippen molar-refractivity contribution >= 4 is 34.3 Å². The summed E-state index contributed by atoms with van der Waals surface area (Å²) in [5, 5.41) is 1.65. The van der Waals surface area contributed by atoms with Crippen molar-refractivity contribution < 1.29 is 8.28 Å². The number of aromatic nitrogens is 4. The minimum absolute atomic E-state index is 0.0947. The zero-order valence-electron chi connectivity index (χ0n) is 12.0. The van der Waals surface area contributed by atoms with Gasteiger partial charge in [0.15, 0.2) is 18.0 Å². The van der Waals surface area contributed by atoms with Crippen LogP contribution in [0.1, 0.15) is 5.56 Å². The Morgan fingerprint density at radius 1 is 1.13 bits per heavy atom. The summed E-state index contributed by atoms with van der Waals surface area (Å²) >= 11 is 0.0947. The van der Waals surface area contributed by atoms with Crippen molar-refractivity contribution in [3.05, 3.63) is 54.4 Å². The Bertz CT molecular complexity index is 1050. The Morgan fingerprint density at radius 3 is 2.78 bits per heavy atom. The van der Waals surface area contributed by atoms with Gasteiger partial charge >= 0.3 is 0 Å². The lowest BCUT2D eigenvalue weighted by atomic mass is 10.1. The van der Waals surface area contributed by atoms with E-state index in [0.717, 1.165) is 10.8 Å². The van der Waals surface area contributed by atoms with E-state index in [9.17, 15) is 8.28 Å². The maximum absolute atomic E-state index is 13.4. The minimum atomic E-state index is -0.505. The highest BCUT2D eigenvalue weighted by Gasteiger charge is 2.14. The van der Waals surface area contributed by atoms with Crippen molar-refractivity contribution in [1.82, 2.24) is 18.9 Å². The lowest BCUT2D eigenvalue weighted by Crippen LogP contribution is -1.92. The third-order valence-electron chi connectivity index (χ3n) is 3.75. The zero-order valence-corrected chi connectivity index (χ0v) is 12.8. The molecule has 0 aliphatic rings. The molecule has 0 saturated carbocycles. The number of nitrogens with zero attached hydrogens (tertiary/aromatic N) is 4. The molecule has 0 saturated heterocycles. The van der Waals surface area contributed by atoms with Crippen LogP contribution in [0.25, 0.3) is 33.2 Å². The average molecular weight is 328 g/mol. The fourth-order valence-electron chi connectivity index (χ4n) is 2.63. The quantitative estimate of drug-likeness (QED) is 0.509. The maximum Gasteiger partial charge on any atom is 0.215 e. The molecular formula is C16H10F2N4S. The molecule has 4 heterocycles. The molecule has 7 heteroatoms. The molecule has 0 radical (unpaired) electrons. The first-order valence-electron chi connectivity index (χ1n) is 6.86. The lowest BCUT2D eigenvalue weighted by molar-refractivity contribution is 0.575. The van der Waals surface area contributed by atoms with E-state index < -0.39 is 5.95 Å². The molecule has 0 aromatic carbocycles. The molecular weight excluding hydrogens is 318 g/mol. The van der Waals surface area contributed by atoms with Gasteiger partial charge in [-0.2, -0.15) is 4.39 Å². The first kappa shape index (κ1) is 14.1. The summed E-state index contributed by atoms with van der Waals surface area (Å²) in [5.41, 5.74) is 2.94. The van der Waals surface area contributed by atoms with E-state index in [1.165, 1.54) is 10.2 Å². The summed E-state index contributed by atoms with van der Waals surface area (Å²) in [7, 11) is 0. The van der Waals surface area contributed by atoms with Gasteiger partial charge in [-0.15, -0.1) is 3.89 Å². The van der Waals surface area contributed by atoms with E-state index in [4.69, 9.17) is 0 Å². The number of halogens is 2. The molecule has 0 fully saturated rings. The molecule has 4 aromatic heterocycles. The molecule has 4 rings (SSSR count). The fourth-order valence-corrected chi connectivity index (χ4v) is 3.07. The van der Waals surface area contributed by atoms with Crippen LogP contribution in [0.15, 0.2) is 42.9 Å². The SMILES string of the molecule is Cc1cc(-c2ccc3c4cnccc4n(SF)c3n2)cnc1F. The van der Waals surface area contributed by atoms with Crippen LogP contribution >= 0.6 is 12.3 Å². The van der Waals surface area contributed by atoms with Crippen LogP contribution in [-0.4, -0.2) is 18.9 Å². The van der Waals surface area contributed by atoms with Gasteiger partial charge in [0.05, 0.1) is 11.2 Å². The zero-order chi connectivity index (χ0) is 16.0. The van der Waals surface area contributed by atoms with Crippen LogP contribution in [0, 0.1) is 12.9 Å². The second kappa shape index (κ2) is 5.27. The Hall–Kier alpha value is -2.54. The largest absolute Gasteiger partial charge is 0.264 e. The van der Waals surface area contributed by atoms with E-state index in [1.54, 1.807) is 31.5 Å². The second-order valence-electron chi connectivity index (χ2n) is 5.16. The molecule has 0 aliphatic carbocycles. The molecule has 0 N–H and O–H groups in total. The van der Waals surface area contributed by atoms with Crippen molar-refractivity contribution in [2.45, 2.75) is 6.92 Å². The number of rotatable bonds is 2. The molecule has 4 aromatic rings. The first-order valence-corrected chi connectivity index (χ1v) is 7.53. The third kappa shape index (κ3) is 2.16. The van der Waals surface area contributed by atoms with Crippen molar-refractivity contribution in [3.8, 4) is 11.3 Å². The smallest absolute Gasteiger partial charge is 0.215 e. The highest BCUT2D eigenvalue weighted by Crippen LogP contribution is 2.32. The van der Waals surface area contributed by atoms with Gasteiger partial charge in [0, 0.05) is 40.5 Å². The van der Waals surface area contributed by atoms with Gasteiger partial charge in [0.1, 0.15) is 0 Å². The number of hydrogen-bond donors (Lipinski definition) is 0. The van der Waals surface area contributed by atoms with Crippen molar-refractivity contribution in [2.75, 3.05) is 0 Å². The standard InChI is InChI=1S/C16H10F2N4S/c1-9-6-10(7-20-15(9)17)13-3-2-11-12-8-19-5-4-14(12)22(23-18)16(11)21-13/h2-8H,1H3. The van der Waals surface area contributed by atoms with E-state index in [2.05, 4.69) is 15.0 Å². The summed E-state index contributed by atoms with van der Waals surface area (Å²) in [5.74, 6) is -0.505. The Labute approximate surface area is 134 Å². The summed E-state index contributed by atoms with van der Waals surface area (Å²) < 4.78 is 28.2. The number of pyridine rings is 3. The minimum Gasteiger partial charge on any atom is -0.264 e. The Morgan fingerprint density at radius 2 is 2.00 bits per heavy atom. The molecule has 0 unspecified atom stereocenters. The molecule has 0 bridgehead atoms. The van der Waals surface area contributed by atoms with E-state index in [0.29, 0.717) is 28.0 Å². The van der Waals surface area contributed by atoms with Crippen LogP contribution in [0.3, 0.4) is 0 Å². The molecule has 0 spiro atoms. The molecule has 23 heavy (non-hydrogen) atoms. The molecule has 4 nitrogen and oxygen atoms in total. The van der Waals surface area contributed by atoms with Gasteiger partial charge < -0.3 is 0 Å². The Kier molecular flexibility index (Phi) is 3.23. The molecule has 0 amide bonds. The van der Waals surface area contributed by atoms with Crippen LogP contribution < -0.4 is 0 Å². The maximum atomic E-state index is 13.4. The topological polar surface area (TPSA) is 43.6 Å². The number of aryl methyl sites for hydroxylation is 1. The Balaban J connectivity index is 2.00. The average Bonchev–Trinajstić information content (AvgIpc) is 2.90. The third-order valence-corrected chi connectivity index (χ3v) is 4.26. The molecule has 0 aliphatic heterocycles. The summed E-state index contributed by atoms with van der Waals surface area (Å²) in [6, 6.07) is 7.10. The van der Waals surface area contributed by atoms with Crippen LogP contribution in [0.2, 0.25) is 0 Å². The van der Waals surface area contributed by atoms with Crippen LogP contribution in [0.5, 0.6) is 0 Å². The molecule has 114 valence electrons. The predicted molar refractivity (Wildman–Crippen MR) is 87.1 cm³/mol. The summed E-state index contributed by atoms with van der Waals surface area (Å²) in [4.78, 5) is 12.3. The monoisotopic (exact) mass is 328 g/mol. The highest BCUT2D eigenvalue weighted by atomic mass is 32.2. The van der Waals surface area contributed by atoms with Crippen LogP contribution in [-0.2, 0) is 0 Å². The van der Waals surface area contributed by atoms with Crippen LogP contribution in [0.4, 0.5) is 8.28 Å². The van der Waals surface area contributed by atoms with Gasteiger partial charge in [0.25, 0.3) is 0 Å². The van der Waals surface area contributed by atoms with Gasteiger partial charge in [0.2, 0.25) is 5.95 Å². The highest BCUT2D eigenvalue weighted by molar-refractivity contribution is 7.93. The first-order chi connectivity index (χ1) is 11.2. The van der Waals surface area contributed by atoms with E-state index in [1.807, 2.05) is 12.1 Å². The summed E-state index contributed by atoms with van der Waals surface area (Å²) in [6.45, 7) is 1.64. The lowest BCUT2D eigenvalue weighted by Gasteiger charge is -2.04. The predicted octanol–water partition coefficient (Wildman–Crippen LogP) is 4.47. The molecule has 0 atom stereocenters. The number of fused-ring (bicyclic) bond motifs is 3. The van der Waals surface area contributed by atoms with E-state index >= 15 is 0 Å². The van der Waals surface area contributed by atoms with Crippen molar-refractivity contribution in [2.24, 2.45) is 0 Å². The fraction of sp³-hybridized carbons (Fsp3) is 0.0625. The number of hydrogen-bond acceptors (Lipinski definition) is 4. The van der Waals surface area contributed by atoms with Gasteiger partial charge in [-0.3, -0.25) is 4.98 Å². The summed E-state index contributed by atoms with van der Waals surface area (Å²) in [6.07, 6.45) is 4.73. The van der Waals surface area contributed by atoms with Crippen molar-refractivity contribution in [3.63, 3.8) is 0 Å². The van der Waals surface area contributed by atoms with Gasteiger partial charge in [-0.1, -0.05) is 0 Å². The van der Waals surface area contributed by atoms with E-state index in [-0.39, 0.29) is 12.3 Å². The van der Waals surface area contributed by atoms with Gasteiger partial charge in [-0.05, 0) is 31.2 Å². The van der Waals surface area contributed by atoms with Gasteiger partial charge in [-0.25, -0.2) is 13.9 Å². The van der Waals surface area contributed by atoms with Crippen molar-refractivity contribution in [1.29, 1.82) is 0 Å². The second-order valence-corrected chi connectivity index (χ2v) is 5.66.